The first-order chi connectivity index (χ1) is 17.8. The third-order valence-electron chi connectivity index (χ3n) is 5.44. The maximum atomic E-state index is 5.72. The Kier molecular flexibility index (Phi) is 7.47. The van der Waals surface area contributed by atoms with Crippen molar-refractivity contribution < 1.29 is 28.4 Å². The highest BCUT2D eigenvalue weighted by atomic mass is 16.7. The van der Waals surface area contributed by atoms with Gasteiger partial charge in [-0.15, -0.1) is 0 Å². The molecule has 6 rings (SSSR count). The molecule has 12 heteroatoms. The highest BCUT2D eigenvalue weighted by molar-refractivity contribution is 5.73. The van der Waals surface area contributed by atoms with E-state index in [-0.39, 0.29) is 6.29 Å². The molecule has 3 aliphatic rings. The van der Waals surface area contributed by atoms with Crippen LogP contribution in [0.4, 0.5) is 34.1 Å². The number of nitrogens with two attached hydrogens (primary N) is 6. The Morgan fingerprint density at radius 3 is 1.05 bits per heavy atom. The molecular weight excluding hydrogens is 480 g/mol. The van der Waals surface area contributed by atoms with Crippen LogP contribution in [-0.2, 0) is 0 Å². The topological polar surface area (TPSA) is 211 Å². The lowest BCUT2D eigenvalue weighted by Crippen LogP contribution is -2.17. The summed E-state index contributed by atoms with van der Waals surface area (Å²) < 4.78 is 32.1. The van der Waals surface area contributed by atoms with Gasteiger partial charge in [0, 0.05) is 13.3 Å². The predicted molar refractivity (Wildman–Crippen MR) is 143 cm³/mol. The first-order valence-electron chi connectivity index (χ1n) is 11.6. The third-order valence-corrected chi connectivity index (χ3v) is 5.44. The molecule has 12 nitrogen and oxygen atoms in total. The summed E-state index contributed by atoms with van der Waals surface area (Å²) in [4.78, 5) is 0. The fraction of sp³-hybridized carbons (Fsp3) is 0.280. The van der Waals surface area contributed by atoms with Gasteiger partial charge < -0.3 is 62.8 Å². The Morgan fingerprint density at radius 1 is 0.459 bits per heavy atom. The molecule has 0 aliphatic carbocycles. The SMILES string of the molecule is CC1Oc2c(N)ccc(N)c2O1.Nc1ccc(N)c2c1OCCCO2.Nc1ccc(N)c2c1OCCO2. The smallest absolute Gasteiger partial charge is 0.239 e. The van der Waals surface area contributed by atoms with Crippen LogP contribution in [0.25, 0.3) is 0 Å². The van der Waals surface area contributed by atoms with Gasteiger partial charge in [0.25, 0.3) is 0 Å². The van der Waals surface area contributed by atoms with E-state index < -0.39 is 0 Å². The first kappa shape index (κ1) is 25.4. The molecule has 0 atom stereocenters. The van der Waals surface area contributed by atoms with Crippen LogP contribution in [0.15, 0.2) is 36.4 Å². The quantitative estimate of drug-likeness (QED) is 0.240. The van der Waals surface area contributed by atoms with Crippen LogP contribution in [0.5, 0.6) is 34.5 Å². The molecule has 3 aromatic carbocycles. The number of nitrogen functional groups attached to an aromatic ring is 6. The zero-order valence-corrected chi connectivity index (χ0v) is 20.5. The lowest BCUT2D eigenvalue weighted by Gasteiger charge is -2.20. The molecule has 0 bridgehead atoms. The van der Waals surface area contributed by atoms with Gasteiger partial charge in [-0.3, -0.25) is 0 Å². The molecule has 3 heterocycles. The lowest BCUT2D eigenvalue weighted by atomic mass is 10.2. The van der Waals surface area contributed by atoms with Crippen molar-refractivity contribution in [3.8, 4) is 34.5 Å². The summed E-state index contributed by atoms with van der Waals surface area (Å²) in [6, 6.07) is 10.3. The zero-order chi connectivity index (χ0) is 26.5. The van der Waals surface area contributed by atoms with Crippen LogP contribution < -0.4 is 62.8 Å². The largest absolute Gasteiger partial charge is 0.487 e. The van der Waals surface area contributed by atoms with Crippen molar-refractivity contribution in [2.45, 2.75) is 19.6 Å². The van der Waals surface area contributed by atoms with E-state index in [1.54, 1.807) is 43.3 Å². The number of fused-ring (bicyclic) bond motifs is 3. The summed E-state index contributed by atoms with van der Waals surface area (Å²) in [5.74, 6) is 3.42. The Bertz CT molecular complexity index is 1180. The molecule has 0 saturated carbocycles. The van der Waals surface area contributed by atoms with Crippen LogP contribution >= 0.6 is 0 Å². The molecule has 0 aromatic heterocycles. The second kappa shape index (κ2) is 10.9. The van der Waals surface area contributed by atoms with Gasteiger partial charge >= 0.3 is 0 Å². The maximum Gasteiger partial charge on any atom is 0.239 e. The number of hydrogen-bond acceptors (Lipinski definition) is 12. The molecular formula is C25H32N6O6. The zero-order valence-electron chi connectivity index (χ0n) is 20.5. The molecule has 0 fully saturated rings. The van der Waals surface area contributed by atoms with Gasteiger partial charge in [0.15, 0.2) is 34.5 Å². The molecule has 0 saturated heterocycles. The molecule has 0 spiro atoms. The molecule has 3 aromatic rings. The molecule has 12 N–H and O–H groups in total. The van der Waals surface area contributed by atoms with Crippen molar-refractivity contribution in [2.24, 2.45) is 0 Å². The van der Waals surface area contributed by atoms with Crippen molar-refractivity contribution in [3.05, 3.63) is 36.4 Å². The van der Waals surface area contributed by atoms with Crippen molar-refractivity contribution in [2.75, 3.05) is 60.8 Å². The van der Waals surface area contributed by atoms with Crippen LogP contribution in [0.1, 0.15) is 13.3 Å². The maximum absolute atomic E-state index is 5.72. The van der Waals surface area contributed by atoms with Gasteiger partial charge in [0.2, 0.25) is 6.29 Å². The van der Waals surface area contributed by atoms with Gasteiger partial charge in [-0.05, 0) is 36.4 Å². The van der Waals surface area contributed by atoms with Gasteiger partial charge in [-0.1, -0.05) is 0 Å². The van der Waals surface area contributed by atoms with Crippen LogP contribution in [0.2, 0.25) is 0 Å². The van der Waals surface area contributed by atoms with Crippen LogP contribution in [0.3, 0.4) is 0 Å². The fourth-order valence-electron chi connectivity index (χ4n) is 3.67. The average molecular weight is 513 g/mol. The van der Waals surface area contributed by atoms with Crippen LogP contribution in [-0.4, -0.2) is 32.7 Å². The highest BCUT2D eigenvalue weighted by Gasteiger charge is 2.24. The lowest BCUT2D eigenvalue weighted by molar-refractivity contribution is 0.0685. The standard InChI is InChI=1S/C9H12N2O2.2C8H10N2O2/c10-6-2-3-7(11)9-8(6)12-4-1-5-13-9;1-4-11-7-5(9)2-3-6(10)8(7)12-4;9-5-1-2-6(10)8-7(5)11-3-4-12-8/h2-3H,1,4-5,10-11H2;2-4H,9-10H2,1H3;1-2H,3-4,9-10H2. The van der Waals surface area contributed by atoms with Gasteiger partial charge in [-0.25, -0.2) is 0 Å². The Hall–Kier alpha value is -4.74. The van der Waals surface area contributed by atoms with E-state index >= 15 is 0 Å². The van der Waals surface area contributed by atoms with E-state index in [0.29, 0.717) is 95.0 Å². The predicted octanol–water partition coefficient (Wildman–Crippen LogP) is 2.60. The van der Waals surface area contributed by atoms with Crippen LogP contribution in [0, 0.1) is 0 Å². The number of rotatable bonds is 0. The molecule has 0 radical (unpaired) electrons. The fourth-order valence-corrected chi connectivity index (χ4v) is 3.67. The molecule has 0 amide bonds. The van der Waals surface area contributed by atoms with E-state index in [1.165, 1.54) is 0 Å². The normalized spacial score (nSPS) is 14.8. The summed E-state index contributed by atoms with van der Waals surface area (Å²) in [6.45, 7) is 4.10. The molecule has 37 heavy (non-hydrogen) atoms. The number of benzene rings is 3. The third kappa shape index (κ3) is 5.58. The van der Waals surface area contributed by atoms with Gasteiger partial charge in [-0.2, -0.15) is 0 Å². The number of hydrogen-bond donors (Lipinski definition) is 6. The van der Waals surface area contributed by atoms with E-state index in [1.807, 2.05) is 0 Å². The van der Waals surface area contributed by atoms with Crippen molar-refractivity contribution >= 4 is 34.1 Å². The highest BCUT2D eigenvalue weighted by Crippen LogP contribution is 2.44. The minimum absolute atomic E-state index is 0.299. The summed E-state index contributed by atoms with van der Waals surface area (Å²) in [7, 11) is 0. The minimum atomic E-state index is -0.299. The monoisotopic (exact) mass is 512 g/mol. The molecule has 198 valence electrons. The van der Waals surface area contributed by atoms with E-state index in [0.717, 1.165) is 6.42 Å². The first-order valence-corrected chi connectivity index (χ1v) is 11.6. The molecule has 3 aliphatic heterocycles. The van der Waals surface area contributed by atoms with Gasteiger partial charge in [0.1, 0.15) is 13.2 Å². The van der Waals surface area contributed by atoms with E-state index in [9.17, 15) is 0 Å². The summed E-state index contributed by atoms with van der Waals surface area (Å²) in [5.41, 5.74) is 37.4. The number of ether oxygens (including phenoxy) is 6. The Balaban J connectivity index is 0.000000130. The average Bonchev–Trinajstić information content (AvgIpc) is 3.13. The second-order valence-electron chi connectivity index (χ2n) is 8.26. The van der Waals surface area contributed by atoms with Crippen molar-refractivity contribution in [3.63, 3.8) is 0 Å². The van der Waals surface area contributed by atoms with Gasteiger partial charge in [0.05, 0.1) is 47.3 Å². The minimum Gasteiger partial charge on any atom is -0.487 e. The summed E-state index contributed by atoms with van der Waals surface area (Å²) in [5, 5.41) is 0. The summed E-state index contributed by atoms with van der Waals surface area (Å²) >= 11 is 0. The number of anilines is 6. The van der Waals surface area contributed by atoms with Crippen molar-refractivity contribution in [1.82, 2.24) is 0 Å². The Labute approximate surface area is 214 Å². The Morgan fingerprint density at radius 2 is 0.730 bits per heavy atom. The second-order valence-corrected chi connectivity index (χ2v) is 8.26. The van der Waals surface area contributed by atoms with E-state index in [4.69, 9.17) is 62.8 Å². The van der Waals surface area contributed by atoms with Crippen molar-refractivity contribution in [1.29, 1.82) is 0 Å². The van der Waals surface area contributed by atoms with E-state index in [2.05, 4.69) is 0 Å². The summed E-state index contributed by atoms with van der Waals surface area (Å²) in [6.07, 6.45) is 0.556. The molecule has 0 unspecified atom stereocenters.